The first-order chi connectivity index (χ1) is 9.69. The number of rotatable bonds is 6. The molecule has 0 aliphatic carbocycles. The van der Waals surface area contributed by atoms with E-state index < -0.39 is 8.32 Å². The van der Waals surface area contributed by atoms with Gasteiger partial charge >= 0.3 is 0 Å². The van der Waals surface area contributed by atoms with Gasteiger partial charge in [0.05, 0.1) is 13.2 Å². The van der Waals surface area contributed by atoms with Crippen molar-refractivity contribution in [1.82, 2.24) is 0 Å². The molecule has 0 N–H and O–H groups in total. The summed E-state index contributed by atoms with van der Waals surface area (Å²) in [5.41, 5.74) is 1.27. The fraction of sp³-hybridized carbons (Fsp3) is 0.529. The largest absolute Gasteiger partial charge is 0.497 e. The summed E-state index contributed by atoms with van der Waals surface area (Å²) in [6, 6.07) is 8.24. The first-order valence-electron chi connectivity index (χ1n) is 7.27. The van der Waals surface area contributed by atoms with Crippen molar-refractivity contribution in [3.63, 3.8) is 0 Å². The van der Waals surface area contributed by atoms with E-state index in [9.17, 15) is 0 Å². The summed E-state index contributed by atoms with van der Waals surface area (Å²) in [7, 11) is -0.0645. The molecule has 0 saturated heterocycles. The van der Waals surface area contributed by atoms with Crippen LogP contribution >= 0.6 is 22.6 Å². The molecule has 1 rings (SSSR count). The molecule has 4 heteroatoms. The Hall–Kier alpha value is -0.333. The highest BCUT2D eigenvalue weighted by atomic mass is 127. The van der Waals surface area contributed by atoms with Crippen molar-refractivity contribution < 1.29 is 9.16 Å². The second-order valence-electron chi connectivity index (χ2n) is 6.79. The maximum atomic E-state index is 6.52. The summed E-state index contributed by atoms with van der Waals surface area (Å²) in [5, 5.41) is 0.226. The second kappa shape index (κ2) is 7.79. The van der Waals surface area contributed by atoms with Crippen molar-refractivity contribution in [3.8, 4) is 5.75 Å². The van der Waals surface area contributed by atoms with Crippen molar-refractivity contribution in [3.05, 3.63) is 40.0 Å². The molecule has 0 aromatic heterocycles. The van der Waals surface area contributed by atoms with Gasteiger partial charge in [-0.25, -0.2) is 0 Å². The molecule has 2 nitrogen and oxygen atoms in total. The van der Waals surface area contributed by atoms with E-state index in [1.807, 2.05) is 12.1 Å². The standard InChI is InChI=1S/C17H27IO2Si/c1-17(2,3)21(5,6)20-16(11-12-18)13-14-7-9-15(19-4)10-8-14/h7-12,16H,13H2,1-6H3. The molecule has 0 amide bonds. The van der Waals surface area contributed by atoms with Crippen molar-refractivity contribution >= 4 is 30.9 Å². The lowest BCUT2D eigenvalue weighted by Gasteiger charge is -2.38. The molecule has 21 heavy (non-hydrogen) atoms. The Bertz CT molecular complexity index is 461. The molecule has 0 aliphatic rings. The lowest BCUT2D eigenvalue weighted by molar-refractivity contribution is 0.225. The van der Waals surface area contributed by atoms with E-state index in [1.54, 1.807) is 7.11 Å². The van der Waals surface area contributed by atoms with E-state index in [2.05, 4.69) is 78.7 Å². The predicted octanol–water partition coefficient (Wildman–Crippen LogP) is 5.58. The zero-order chi connectivity index (χ0) is 16.1. The van der Waals surface area contributed by atoms with Gasteiger partial charge in [0.15, 0.2) is 8.32 Å². The van der Waals surface area contributed by atoms with Crippen LogP contribution in [-0.4, -0.2) is 21.5 Å². The predicted molar refractivity (Wildman–Crippen MR) is 102 cm³/mol. The van der Waals surface area contributed by atoms with Gasteiger partial charge in [0, 0.05) is 6.42 Å². The first-order valence-corrected chi connectivity index (χ1v) is 11.4. The molecule has 0 bridgehead atoms. The Kier molecular flexibility index (Phi) is 6.94. The fourth-order valence-corrected chi connectivity index (χ4v) is 3.51. The molecule has 0 fully saturated rings. The minimum Gasteiger partial charge on any atom is -0.497 e. The van der Waals surface area contributed by atoms with Crippen molar-refractivity contribution in [2.75, 3.05) is 7.11 Å². The topological polar surface area (TPSA) is 18.5 Å². The average molecular weight is 418 g/mol. The van der Waals surface area contributed by atoms with Crippen molar-refractivity contribution in [2.45, 2.75) is 51.4 Å². The molecule has 1 aromatic rings. The Morgan fingerprint density at radius 2 is 1.76 bits per heavy atom. The Morgan fingerprint density at radius 3 is 2.19 bits per heavy atom. The van der Waals surface area contributed by atoms with Crippen LogP contribution in [-0.2, 0) is 10.8 Å². The molecule has 1 aromatic carbocycles. The van der Waals surface area contributed by atoms with E-state index in [0.717, 1.165) is 12.2 Å². The highest BCUT2D eigenvalue weighted by molar-refractivity contribution is 14.1. The molecule has 0 aliphatic heterocycles. The Labute approximate surface area is 144 Å². The van der Waals surface area contributed by atoms with E-state index in [0.29, 0.717) is 0 Å². The number of benzene rings is 1. The van der Waals surface area contributed by atoms with Crippen LogP contribution in [0.25, 0.3) is 0 Å². The lowest BCUT2D eigenvalue weighted by atomic mass is 10.1. The monoisotopic (exact) mass is 418 g/mol. The molecule has 1 unspecified atom stereocenters. The van der Waals surface area contributed by atoms with Crippen LogP contribution in [0, 0.1) is 0 Å². The van der Waals surface area contributed by atoms with Crippen molar-refractivity contribution in [2.24, 2.45) is 0 Å². The van der Waals surface area contributed by atoms with Gasteiger partial charge < -0.3 is 9.16 Å². The minimum absolute atomic E-state index is 0.135. The van der Waals surface area contributed by atoms with Gasteiger partial charge in [-0.15, -0.1) is 0 Å². The third kappa shape index (κ3) is 5.75. The quantitative estimate of drug-likeness (QED) is 0.444. The van der Waals surface area contributed by atoms with Crippen LogP contribution in [0.2, 0.25) is 18.1 Å². The third-order valence-electron chi connectivity index (χ3n) is 4.14. The van der Waals surface area contributed by atoms with Gasteiger partial charge in [-0.05, 0) is 39.9 Å². The van der Waals surface area contributed by atoms with Crippen LogP contribution in [0.5, 0.6) is 5.75 Å². The third-order valence-corrected chi connectivity index (χ3v) is 9.06. The maximum Gasteiger partial charge on any atom is 0.192 e. The Morgan fingerprint density at radius 1 is 1.19 bits per heavy atom. The number of methoxy groups -OCH3 is 1. The smallest absolute Gasteiger partial charge is 0.192 e. The van der Waals surface area contributed by atoms with Crippen LogP contribution in [0.15, 0.2) is 34.4 Å². The van der Waals surface area contributed by atoms with Crippen LogP contribution in [0.3, 0.4) is 0 Å². The van der Waals surface area contributed by atoms with Crippen LogP contribution in [0.4, 0.5) is 0 Å². The SMILES string of the molecule is COc1ccc(CC(C=CI)O[Si](C)(C)C(C)(C)C)cc1. The molecule has 0 radical (unpaired) electrons. The molecule has 0 saturated carbocycles. The normalized spacial score (nSPS) is 14.4. The number of ether oxygens (including phenoxy) is 1. The maximum absolute atomic E-state index is 6.52. The lowest BCUT2D eigenvalue weighted by Crippen LogP contribution is -2.44. The highest BCUT2D eigenvalue weighted by Gasteiger charge is 2.38. The molecule has 1 atom stereocenters. The number of hydrogen-bond donors (Lipinski definition) is 0. The summed E-state index contributed by atoms with van der Waals surface area (Å²) >= 11 is 2.26. The van der Waals surface area contributed by atoms with E-state index in [1.165, 1.54) is 5.56 Å². The summed E-state index contributed by atoms with van der Waals surface area (Å²) < 4.78 is 13.8. The number of hydrogen-bond acceptors (Lipinski definition) is 2. The van der Waals surface area contributed by atoms with Gasteiger partial charge in [-0.3, -0.25) is 0 Å². The van der Waals surface area contributed by atoms with Crippen molar-refractivity contribution in [1.29, 1.82) is 0 Å². The average Bonchev–Trinajstić information content (AvgIpc) is 2.38. The van der Waals surface area contributed by atoms with E-state index in [-0.39, 0.29) is 11.1 Å². The van der Waals surface area contributed by atoms with Gasteiger partial charge in [-0.2, -0.15) is 0 Å². The van der Waals surface area contributed by atoms with Gasteiger partial charge in [-0.1, -0.05) is 61.6 Å². The number of halogens is 1. The van der Waals surface area contributed by atoms with Gasteiger partial charge in [0.1, 0.15) is 5.75 Å². The molecule has 0 spiro atoms. The van der Waals surface area contributed by atoms with Crippen LogP contribution in [0.1, 0.15) is 26.3 Å². The zero-order valence-corrected chi connectivity index (χ0v) is 17.1. The van der Waals surface area contributed by atoms with Crippen LogP contribution < -0.4 is 4.74 Å². The van der Waals surface area contributed by atoms with E-state index >= 15 is 0 Å². The van der Waals surface area contributed by atoms with Gasteiger partial charge in [0.2, 0.25) is 0 Å². The highest BCUT2D eigenvalue weighted by Crippen LogP contribution is 2.37. The summed E-state index contributed by atoms with van der Waals surface area (Å²) in [4.78, 5) is 0. The molecular weight excluding hydrogens is 391 g/mol. The molecule has 0 heterocycles. The summed E-state index contributed by atoms with van der Waals surface area (Å²) in [6.45, 7) is 11.4. The minimum atomic E-state index is -1.76. The first kappa shape index (κ1) is 18.7. The molecule has 118 valence electrons. The Balaban J connectivity index is 2.82. The van der Waals surface area contributed by atoms with E-state index in [4.69, 9.17) is 9.16 Å². The fourth-order valence-electron chi connectivity index (χ4n) is 1.78. The summed E-state index contributed by atoms with van der Waals surface area (Å²) in [6.07, 6.45) is 3.19. The zero-order valence-electron chi connectivity index (χ0n) is 13.9. The second-order valence-corrected chi connectivity index (χ2v) is 12.3. The van der Waals surface area contributed by atoms with Gasteiger partial charge in [0.25, 0.3) is 0 Å². The molecular formula is C17H27IO2Si. The summed E-state index contributed by atoms with van der Waals surface area (Å²) in [5.74, 6) is 0.894.